The Morgan fingerprint density at radius 1 is 1.05 bits per heavy atom. The fourth-order valence-electron chi connectivity index (χ4n) is 3.76. The number of rotatable bonds is 12. The molecule has 0 fully saturated rings. The molecule has 0 bridgehead atoms. The van der Waals surface area contributed by atoms with Crippen molar-refractivity contribution in [3.05, 3.63) is 71.7 Å². The monoisotopic (exact) mass is 554 g/mol. The van der Waals surface area contributed by atoms with E-state index >= 15 is 0 Å². The lowest BCUT2D eigenvalue weighted by atomic mass is 9.99. The number of H-pyrrole nitrogens is 1. The number of aromatic amines is 1. The van der Waals surface area contributed by atoms with Crippen molar-refractivity contribution in [2.45, 2.75) is 58.2 Å². The zero-order valence-corrected chi connectivity index (χ0v) is 23.6. The quantitative estimate of drug-likeness (QED) is 0.157. The fourth-order valence-corrected chi connectivity index (χ4v) is 3.76. The zero-order valence-electron chi connectivity index (χ0n) is 23.6. The van der Waals surface area contributed by atoms with Crippen LogP contribution in [0.15, 0.2) is 60.4 Å². The molecule has 2 unspecified atom stereocenters. The van der Waals surface area contributed by atoms with E-state index in [0.717, 1.165) is 0 Å². The van der Waals surface area contributed by atoms with Gasteiger partial charge in [-0.1, -0.05) is 18.2 Å². The number of hydrogen-bond acceptors (Lipinski definition) is 8. The van der Waals surface area contributed by atoms with Gasteiger partial charge in [0.15, 0.2) is 0 Å². The van der Waals surface area contributed by atoms with Crippen LogP contribution in [0.4, 0.5) is 21.0 Å². The molecule has 2 amide bonds. The number of alkyl carbamates (subject to hydrolysis) is 1. The molecule has 0 spiro atoms. The summed E-state index contributed by atoms with van der Waals surface area (Å²) in [5, 5.41) is 8.52. The summed E-state index contributed by atoms with van der Waals surface area (Å²) < 4.78 is 15.3. The second-order valence-corrected chi connectivity index (χ2v) is 9.76. The first-order valence-corrected chi connectivity index (χ1v) is 12.8. The maximum atomic E-state index is 12.8. The summed E-state index contributed by atoms with van der Waals surface area (Å²) in [4.78, 5) is 52.5. The summed E-state index contributed by atoms with van der Waals surface area (Å²) in [5.41, 5.74) is 1.17. The largest absolute Gasteiger partial charge is 0.464 e. The number of aromatic nitrogens is 1. The predicted molar refractivity (Wildman–Crippen MR) is 154 cm³/mol. The third-order valence-corrected chi connectivity index (χ3v) is 5.40. The molecule has 0 saturated heterocycles. The van der Waals surface area contributed by atoms with Gasteiger partial charge in [-0.05, 0) is 64.3 Å². The number of pyridine rings is 1. The first-order chi connectivity index (χ1) is 18.9. The highest BCUT2D eigenvalue weighted by Gasteiger charge is 2.23. The van der Waals surface area contributed by atoms with Crippen LogP contribution in [0.5, 0.6) is 0 Å². The van der Waals surface area contributed by atoms with Crippen LogP contribution in [-0.4, -0.2) is 48.5 Å². The van der Waals surface area contributed by atoms with Crippen molar-refractivity contribution in [2.75, 3.05) is 24.4 Å². The smallest absolute Gasteiger partial charge is 0.411 e. The zero-order chi connectivity index (χ0) is 29.9. The van der Waals surface area contributed by atoms with Crippen LogP contribution in [0.2, 0.25) is 0 Å². The molecule has 1 aromatic heterocycles. The number of amides is 2. The van der Waals surface area contributed by atoms with Gasteiger partial charge in [-0.15, -0.1) is 13.2 Å². The Bertz CT molecular complexity index is 1280. The van der Waals surface area contributed by atoms with E-state index in [0.29, 0.717) is 34.6 Å². The molecule has 216 valence electrons. The number of carbonyl (C=O) groups is 3. The van der Waals surface area contributed by atoms with Gasteiger partial charge in [-0.25, -0.2) is 14.4 Å². The van der Waals surface area contributed by atoms with Crippen LogP contribution >= 0.6 is 0 Å². The van der Waals surface area contributed by atoms with Crippen molar-refractivity contribution >= 4 is 29.5 Å². The molecule has 2 rings (SSSR count). The second-order valence-electron chi connectivity index (χ2n) is 9.76. The van der Waals surface area contributed by atoms with Gasteiger partial charge in [0.1, 0.15) is 11.6 Å². The molecule has 0 aliphatic carbocycles. The Morgan fingerprint density at radius 3 is 2.35 bits per heavy atom. The van der Waals surface area contributed by atoms with Crippen LogP contribution in [0, 0.1) is 0 Å². The molecule has 2 aromatic rings. The van der Waals surface area contributed by atoms with Gasteiger partial charge in [0.05, 0.1) is 19.8 Å². The summed E-state index contributed by atoms with van der Waals surface area (Å²) >= 11 is 0. The standard InChI is InChI=1S/C29H38N4O7/c1-8-11-21(33-28(37)40-29(4,5)6)24-15-18(16-25(34)32-24)20-14-13-19(30-27(36)38-7)17-23(20)31-22(12-9-2)26(35)39-10-3/h8-9,13-17,21-22,31H,1-2,10-12H2,3-7H3,(H,30,36)(H,32,34)(H,33,37). The molecule has 11 nitrogen and oxygen atoms in total. The van der Waals surface area contributed by atoms with E-state index < -0.39 is 41.4 Å². The van der Waals surface area contributed by atoms with Gasteiger partial charge < -0.3 is 29.8 Å². The van der Waals surface area contributed by atoms with Crippen molar-refractivity contribution in [1.82, 2.24) is 10.3 Å². The van der Waals surface area contributed by atoms with Gasteiger partial charge in [0, 0.05) is 28.7 Å². The molecule has 4 N–H and O–H groups in total. The SMILES string of the molecule is C=CCC(Nc1cc(NC(=O)OC)ccc1-c1cc(C(CC=C)NC(=O)OC(C)(C)C)[nH]c(=O)c1)C(=O)OCC. The van der Waals surface area contributed by atoms with Crippen molar-refractivity contribution in [3.63, 3.8) is 0 Å². The van der Waals surface area contributed by atoms with Crippen molar-refractivity contribution in [2.24, 2.45) is 0 Å². The lowest BCUT2D eigenvalue weighted by Gasteiger charge is -2.24. The first kappa shape index (κ1) is 31.7. The molecular weight excluding hydrogens is 516 g/mol. The number of anilines is 2. The van der Waals surface area contributed by atoms with Crippen LogP contribution in [0.3, 0.4) is 0 Å². The summed E-state index contributed by atoms with van der Waals surface area (Å²) in [6.45, 7) is 14.6. The van der Waals surface area contributed by atoms with Crippen LogP contribution in [0.1, 0.15) is 52.3 Å². The third-order valence-electron chi connectivity index (χ3n) is 5.40. The van der Waals surface area contributed by atoms with E-state index in [1.807, 2.05) is 0 Å². The fraction of sp³-hybridized carbons (Fsp3) is 0.379. The van der Waals surface area contributed by atoms with Crippen LogP contribution < -0.4 is 21.5 Å². The molecule has 0 saturated carbocycles. The molecule has 1 aromatic carbocycles. The van der Waals surface area contributed by atoms with Crippen molar-refractivity contribution in [3.8, 4) is 11.1 Å². The summed E-state index contributed by atoms with van der Waals surface area (Å²) in [7, 11) is 1.24. The average Bonchev–Trinajstić information content (AvgIpc) is 2.87. The molecular formula is C29H38N4O7. The molecule has 0 radical (unpaired) electrons. The van der Waals surface area contributed by atoms with Crippen molar-refractivity contribution in [1.29, 1.82) is 0 Å². The van der Waals surface area contributed by atoms with Gasteiger partial charge in [0.2, 0.25) is 5.56 Å². The molecule has 11 heteroatoms. The highest BCUT2D eigenvalue weighted by Crippen LogP contribution is 2.32. The molecule has 0 aliphatic rings. The Labute approximate surface area is 234 Å². The minimum atomic E-state index is -0.784. The summed E-state index contributed by atoms with van der Waals surface area (Å²) in [5.74, 6) is -0.487. The second kappa shape index (κ2) is 14.6. The maximum Gasteiger partial charge on any atom is 0.411 e. The van der Waals surface area contributed by atoms with E-state index in [9.17, 15) is 19.2 Å². The lowest BCUT2D eigenvalue weighted by molar-refractivity contribution is -0.143. The van der Waals surface area contributed by atoms with E-state index in [4.69, 9.17) is 9.47 Å². The van der Waals surface area contributed by atoms with Gasteiger partial charge in [-0.2, -0.15) is 0 Å². The molecule has 2 atom stereocenters. The van der Waals surface area contributed by atoms with Gasteiger partial charge in [-0.3, -0.25) is 10.1 Å². The minimum Gasteiger partial charge on any atom is -0.464 e. The normalized spacial score (nSPS) is 12.3. The molecule has 1 heterocycles. The number of benzene rings is 1. The predicted octanol–water partition coefficient (Wildman–Crippen LogP) is 5.28. The van der Waals surface area contributed by atoms with E-state index in [1.165, 1.54) is 13.2 Å². The first-order valence-electron chi connectivity index (χ1n) is 12.8. The van der Waals surface area contributed by atoms with Crippen molar-refractivity contribution < 1.29 is 28.6 Å². The number of carbonyl (C=O) groups excluding carboxylic acids is 3. The Balaban J connectivity index is 2.60. The Morgan fingerprint density at radius 2 is 1.75 bits per heavy atom. The third kappa shape index (κ3) is 9.64. The van der Waals surface area contributed by atoms with Crippen LogP contribution in [0.25, 0.3) is 11.1 Å². The Kier molecular flexibility index (Phi) is 11.5. The Hall–Kier alpha value is -4.54. The van der Waals surface area contributed by atoms with E-state index in [2.05, 4.69) is 38.8 Å². The van der Waals surface area contributed by atoms with Gasteiger partial charge in [0.25, 0.3) is 0 Å². The number of esters is 1. The highest BCUT2D eigenvalue weighted by atomic mass is 16.6. The van der Waals surface area contributed by atoms with E-state index in [-0.39, 0.29) is 13.0 Å². The van der Waals surface area contributed by atoms with Crippen LogP contribution in [-0.2, 0) is 19.0 Å². The number of methoxy groups -OCH3 is 1. The lowest BCUT2D eigenvalue weighted by Crippen LogP contribution is -2.35. The topological polar surface area (TPSA) is 148 Å². The number of ether oxygens (including phenoxy) is 3. The highest BCUT2D eigenvalue weighted by molar-refractivity contribution is 5.90. The molecule has 0 aliphatic heterocycles. The van der Waals surface area contributed by atoms with E-state index in [1.54, 1.807) is 64.1 Å². The van der Waals surface area contributed by atoms with Gasteiger partial charge >= 0.3 is 18.2 Å². The molecule has 40 heavy (non-hydrogen) atoms. The number of nitrogens with one attached hydrogen (secondary N) is 4. The maximum absolute atomic E-state index is 12.8. The average molecular weight is 555 g/mol. The minimum absolute atomic E-state index is 0.192. The summed E-state index contributed by atoms with van der Waals surface area (Å²) in [6, 6.07) is 6.62. The number of hydrogen-bond donors (Lipinski definition) is 4. The summed E-state index contributed by atoms with van der Waals surface area (Å²) in [6.07, 6.45) is 2.45.